The highest BCUT2D eigenvalue weighted by Gasteiger charge is 2.29. The van der Waals surface area contributed by atoms with Crippen molar-refractivity contribution in [2.45, 2.75) is 72.5 Å². The Balaban J connectivity index is 2.27. The van der Waals surface area contributed by atoms with E-state index < -0.39 is 6.04 Å². The van der Waals surface area contributed by atoms with Crippen LogP contribution in [0.5, 0.6) is 0 Å². The highest BCUT2D eigenvalue weighted by atomic mass is 16.2. The van der Waals surface area contributed by atoms with Crippen LogP contribution < -0.4 is 5.32 Å². The first-order valence-corrected chi connectivity index (χ1v) is 10.6. The van der Waals surface area contributed by atoms with Gasteiger partial charge in [-0.3, -0.25) is 9.59 Å². The van der Waals surface area contributed by atoms with E-state index in [2.05, 4.69) is 25.2 Å². The summed E-state index contributed by atoms with van der Waals surface area (Å²) in [5, 5.41) is 3.05. The minimum Gasteiger partial charge on any atom is -0.352 e. The van der Waals surface area contributed by atoms with Gasteiger partial charge in [-0.15, -0.1) is 0 Å². The third kappa shape index (κ3) is 6.45. The standard InChI is InChI=1S/C25H34N2O2/c1-6-20(5)26-25(29)23(7-2)27(17-21-11-9-8-10-12-21)24(28)16-22-14-13-18(3)19(4)15-22/h8-15,20,23H,6-7,16-17H2,1-5H3,(H,26,29)/t20-,23+/m0/s1. The molecule has 1 N–H and O–H groups in total. The van der Waals surface area contributed by atoms with E-state index in [0.717, 1.165) is 17.5 Å². The average Bonchev–Trinajstić information content (AvgIpc) is 2.71. The van der Waals surface area contributed by atoms with Gasteiger partial charge in [-0.25, -0.2) is 0 Å². The van der Waals surface area contributed by atoms with Crippen molar-refractivity contribution in [2.75, 3.05) is 0 Å². The Bertz CT molecular complexity index is 817. The lowest BCUT2D eigenvalue weighted by Crippen LogP contribution is -2.51. The number of rotatable bonds is 9. The van der Waals surface area contributed by atoms with Crippen LogP contribution in [-0.2, 0) is 22.6 Å². The van der Waals surface area contributed by atoms with Crippen LogP contribution in [0, 0.1) is 13.8 Å². The van der Waals surface area contributed by atoms with Crippen LogP contribution in [0.15, 0.2) is 48.5 Å². The normalized spacial score (nSPS) is 12.9. The van der Waals surface area contributed by atoms with Crippen LogP contribution >= 0.6 is 0 Å². The zero-order valence-corrected chi connectivity index (χ0v) is 18.4. The predicted octanol–water partition coefficient (Wildman–Crippen LogP) is 4.57. The molecule has 0 saturated heterocycles. The number of aryl methyl sites for hydroxylation is 2. The number of carbonyl (C=O) groups is 2. The van der Waals surface area contributed by atoms with Gasteiger partial charge in [0.25, 0.3) is 0 Å². The maximum atomic E-state index is 13.3. The Morgan fingerprint density at radius 2 is 1.62 bits per heavy atom. The van der Waals surface area contributed by atoms with Gasteiger partial charge >= 0.3 is 0 Å². The highest BCUT2D eigenvalue weighted by Crippen LogP contribution is 2.16. The van der Waals surface area contributed by atoms with E-state index in [1.165, 1.54) is 11.1 Å². The van der Waals surface area contributed by atoms with Crippen LogP contribution in [0.1, 0.15) is 55.9 Å². The fourth-order valence-corrected chi connectivity index (χ4v) is 3.33. The van der Waals surface area contributed by atoms with Gasteiger partial charge in [0, 0.05) is 12.6 Å². The highest BCUT2D eigenvalue weighted by molar-refractivity contribution is 5.88. The fraction of sp³-hybridized carbons (Fsp3) is 0.440. The number of nitrogens with one attached hydrogen (secondary N) is 1. The summed E-state index contributed by atoms with van der Waals surface area (Å²) in [6.45, 7) is 10.5. The van der Waals surface area contributed by atoms with Crippen molar-refractivity contribution < 1.29 is 9.59 Å². The molecule has 4 nitrogen and oxygen atoms in total. The molecule has 0 radical (unpaired) electrons. The summed E-state index contributed by atoms with van der Waals surface area (Å²) < 4.78 is 0. The molecule has 29 heavy (non-hydrogen) atoms. The van der Waals surface area contributed by atoms with E-state index in [4.69, 9.17) is 0 Å². The van der Waals surface area contributed by atoms with Crippen molar-refractivity contribution >= 4 is 11.8 Å². The fourth-order valence-electron chi connectivity index (χ4n) is 3.33. The Hall–Kier alpha value is -2.62. The number of nitrogens with zero attached hydrogens (tertiary/aromatic N) is 1. The SMILES string of the molecule is CC[C@H](C(=O)N[C@@H](C)CC)N(Cc1ccccc1)C(=O)Cc1ccc(C)c(C)c1. The van der Waals surface area contributed by atoms with Crippen LogP contribution in [0.3, 0.4) is 0 Å². The zero-order chi connectivity index (χ0) is 21.4. The molecular weight excluding hydrogens is 360 g/mol. The third-order valence-electron chi connectivity index (χ3n) is 5.51. The molecule has 0 aliphatic heterocycles. The summed E-state index contributed by atoms with van der Waals surface area (Å²) >= 11 is 0. The van der Waals surface area contributed by atoms with E-state index >= 15 is 0 Å². The van der Waals surface area contributed by atoms with Crippen LogP contribution in [0.25, 0.3) is 0 Å². The summed E-state index contributed by atoms with van der Waals surface area (Å²) in [5.74, 6) is -0.102. The zero-order valence-electron chi connectivity index (χ0n) is 18.4. The van der Waals surface area contributed by atoms with Crippen molar-refractivity contribution in [3.8, 4) is 0 Å². The molecule has 4 heteroatoms. The minimum absolute atomic E-state index is 0.0248. The topological polar surface area (TPSA) is 49.4 Å². The van der Waals surface area contributed by atoms with Gasteiger partial charge in [0.1, 0.15) is 6.04 Å². The van der Waals surface area contributed by atoms with Crippen molar-refractivity contribution in [2.24, 2.45) is 0 Å². The van der Waals surface area contributed by atoms with E-state index in [0.29, 0.717) is 19.4 Å². The third-order valence-corrected chi connectivity index (χ3v) is 5.51. The number of carbonyl (C=O) groups excluding carboxylic acids is 2. The van der Waals surface area contributed by atoms with Gasteiger partial charge in [0.15, 0.2) is 0 Å². The number of amides is 2. The second-order valence-electron chi connectivity index (χ2n) is 7.84. The summed E-state index contributed by atoms with van der Waals surface area (Å²) in [7, 11) is 0. The molecule has 0 saturated carbocycles. The molecule has 0 heterocycles. The Kier molecular flexibility index (Phi) is 8.44. The maximum absolute atomic E-state index is 13.3. The molecular formula is C25H34N2O2. The summed E-state index contributed by atoms with van der Waals surface area (Å²) in [6.07, 6.45) is 1.73. The van der Waals surface area contributed by atoms with E-state index in [-0.39, 0.29) is 17.9 Å². The molecule has 156 valence electrons. The predicted molar refractivity (Wildman–Crippen MR) is 119 cm³/mol. The summed E-state index contributed by atoms with van der Waals surface area (Å²) in [5.41, 5.74) is 4.39. The lowest BCUT2D eigenvalue weighted by Gasteiger charge is -2.31. The van der Waals surface area contributed by atoms with Gasteiger partial charge in [0.2, 0.25) is 11.8 Å². The first kappa shape index (κ1) is 22.7. The number of hydrogen-bond donors (Lipinski definition) is 1. The molecule has 2 amide bonds. The smallest absolute Gasteiger partial charge is 0.243 e. The van der Waals surface area contributed by atoms with Crippen molar-refractivity contribution in [1.82, 2.24) is 10.2 Å². The van der Waals surface area contributed by atoms with E-state index in [1.807, 2.05) is 63.2 Å². The maximum Gasteiger partial charge on any atom is 0.243 e. The van der Waals surface area contributed by atoms with Gasteiger partial charge < -0.3 is 10.2 Å². The molecule has 0 bridgehead atoms. The lowest BCUT2D eigenvalue weighted by molar-refractivity contribution is -0.141. The Morgan fingerprint density at radius 3 is 2.21 bits per heavy atom. The summed E-state index contributed by atoms with van der Waals surface area (Å²) in [6, 6.07) is 15.6. The quantitative estimate of drug-likeness (QED) is 0.677. The van der Waals surface area contributed by atoms with Gasteiger partial charge in [-0.05, 0) is 55.9 Å². The average molecular weight is 395 g/mol. The molecule has 0 aliphatic rings. The number of benzene rings is 2. The van der Waals surface area contributed by atoms with Gasteiger partial charge in [-0.2, -0.15) is 0 Å². The van der Waals surface area contributed by atoms with Gasteiger partial charge in [-0.1, -0.05) is 62.4 Å². The first-order valence-electron chi connectivity index (χ1n) is 10.6. The van der Waals surface area contributed by atoms with Gasteiger partial charge in [0.05, 0.1) is 6.42 Å². The van der Waals surface area contributed by atoms with E-state index in [1.54, 1.807) is 4.90 Å². The second-order valence-corrected chi connectivity index (χ2v) is 7.84. The van der Waals surface area contributed by atoms with Crippen molar-refractivity contribution in [1.29, 1.82) is 0 Å². The first-order chi connectivity index (χ1) is 13.8. The molecule has 2 atom stereocenters. The van der Waals surface area contributed by atoms with E-state index in [9.17, 15) is 9.59 Å². The molecule has 2 aromatic carbocycles. The molecule has 0 fully saturated rings. The Labute approximate surface area is 175 Å². The monoisotopic (exact) mass is 394 g/mol. The molecule has 0 unspecified atom stereocenters. The largest absolute Gasteiger partial charge is 0.352 e. The molecule has 2 rings (SSSR count). The lowest BCUT2D eigenvalue weighted by atomic mass is 10.0. The molecule has 0 aromatic heterocycles. The van der Waals surface area contributed by atoms with Crippen LogP contribution in [0.2, 0.25) is 0 Å². The summed E-state index contributed by atoms with van der Waals surface area (Å²) in [4.78, 5) is 28.0. The number of hydrogen-bond acceptors (Lipinski definition) is 2. The molecule has 0 spiro atoms. The molecule has 0 aliphatic carbocycles. The van der Waals surface area contributed by atoms with Crippen LogP contribution in [-0.4, -0.2) is 28.8 Å². The van der Waals surface area contributed by atoms with Crippen LogP contribution in [0.4, 0.5) is 0 Å². The molecule has 2 aromatic rings. The van der Waals surface area contributed by atoms with Crippen molar-refractivity contribution in [3.05, 3.63) is 70.8 Å². The Morgan fingerprint density at radius 1 is 0.931 bits per heavy atom. The second kappa shape index (κ2) is 10.8. The van der Waals surface area contributed by atoms with Crippen molar-refractivity contribution in [3.63, 3.8) is 0 Å². The minimum atomic E-state index is -0.483.